The SMILES string of the molecule is COCCN1C(=O)CSC1c1ccco1. The Morgan fingerprint density at radius 2 is 2.60 bits per heavy atom. The summed E-state index contributed by atoms with van der Waals surface area (Å²) in [6.45, 7) is 1.18. The average Bonchev–Trinajstić information content (AvgIpc) is 2.84. The van der Waals surface area contributed by atoms with E-state index in [9.17, 15) is 4.79 Å². The number of furan rings is 1. The largest absolute Gasteiger partial charge is 0.466 e. The van der Waals surface area contributed by atoms with Crippen LogP contribution in [-0.2, 0) is 9.53 Å². The van der Waals surface area contributed by atoms with E-state index in [0.717, 1.165) is 5.76 Å². The maximum Gasteiger partial charge on any atom is 0.234 e. The molecule has 1 saturated heterocycles. The van der Waals surface area contributed by atoms with Crippen LogP contribution in [0, 0.1) is 0 Å². The molecule has 1 atom stereocenters. The lowest BCUT2D eigenvalue weighted by molar-refractivity contribution is -0.128. The molecule has 1 aromatic rings. The summed E-state index contributed by atoms with van der Waals surface area (Å²) in [5.74, 6) is 1.51. The molecule has 0 N–H and O–H groups in total. The highest BCUT2D eigenvalue weighted by molar-refractivity contribution is 8.00. The van der Waals surface area contributed by atoms with Crippen molar-refractivity contribution in [3.8, 4) is 0 Å². The summed E-state index contributed by atoms with van der Waals surface area (Å²) >= 11 is 1.59. The minimum absolute atomic E-state index is 0.0163. The van der Waals surface area contributed by atoms with E-state index in [1.165, 1.54) is 0 Å². The van der Waals surface area contributed by atoms with Gasteiger partial charge in [-0.05, 0) is 12.1 Å². The molecule has 5 heteroatoms. The summed E-state index contributed by atoms with van der Waals surface area (Å²) in [6, 6.07) is 3.74. The lowest BCUT2D eigenvalue weighted by atomic mass is 10.4. The van der Waals surface area contributed by atoms with Gasteiger partial charge in [0.15, 0.2) is 0 Å². The molecule has 1 aromatic heterocycles. The van der Waals surface area contributed by atoms with E-state index in [4.69, 9.17) is 9.15 Å². The fraction of sp³-hybridized carbons (Fsp3) is 0.500. The average molecular weight is 227 g/mol. The molecule has 1 aliphatic rings. The monoisotopic (exact) mass is 227 g/mol. The van der Waals surface area contributed by atoms with E-state index in [1.807, 2.05) is 12.1 Å². The zero-order valence-corrected chi connectivity index (χ0v) is 9.33. The van der Waals surface area contributed by atoms with Crippen LogP contribution in [0.2, 0.25) is 0 Å². The fourth-order valence-corrected chi connectivity index (χ4v) is 2.72. The van der Waals surface area contributed by atoms with Crippen LogP contribution in [0.3, 0.4) is 0 Å². The second kappa shape index (κ2) is 4.72. The molecule has 15 heavy (non-hydrogen) atoms. The number of rotatable bonds is 4. The van der Waals surface area contributed by atoms with Gasteiger partial charge in [0, 0.05) is 13.7 Å². The first kappa shape index (κ1) is 10.6. The van der Waals surface area contributed by atoms with Crippen LogP contribution in [0.1, 0.15) is 11.1 Å². The number of methoxy groups -OCH3 is 1. The van der Waals surface area contributed by atoms with E-state index < -0.39 is 0 Å². The standard InChI is InChI=1S/C10H13NO3S/c1-13-6-4-11-9(12)7-15-10(11)8-3-2-5-14-8/h2-3,5,10H,4,6-7H2,1H3. The molecule has 4 nitrogen and oxygen atoms in total. The molecule has 1 amide bonds. The molecule has 0 saturated carbocycles. The van der Waals surface area contributed by atoms with Gasteiger partial charge in [-0.1, -0.05) is 0 Å². The Hall–Kier alpha value is -0.940. The lowest BCUT2D eigenvalue weighted by Crippen LogP contribution is -2.31. The van der Waals surface area contributed by atoms with E-state index in [1.54, 1.807) is 30.0 Å². The van der Waals surface area contributed by atoms with Gasteiger partial charge >= 0.3 is 0 Å². The second-order valence-corrected chi connectivity index (χ2v) is 4.33. The molecule has 0 aliphatic carbocycles. The Labute approximate surface area is 92.6 Å². The predicted octanol–water partition coefficient (Wildman–Crippen LogP) is 1.50. The van der Waals surface area contributed by atoms with Crippen molar-refractivity contribution in [1.82, 2.24) is 4.90 Å². The first-order chi connectivity index (χ1) is 7.33. The fourth-order valence-electron chi connectivity index (χ4n) is 1.55. The number of hydrogen-bond acceptors (Lipinski definition) is 4. The van der Waals surface area contributed by atoms with Crippen LogP contribution in [0.4, 0.5) is 0 Å². The summed E-state index contributed by atoms with van der Waals surface area (Å²) in [4.78, 5) is 13.4. The van der Waals surface area contributed by atoms with Crippen molar-refractivity contribution in [2.24, 2.45) is 0 Å². The minimum Gasteiger partial charge on any atom is -0.466 e. The molecule has 82 valence electrons. The highest BCUT2D eigenvalue weighted by atomic mass is 32.2. The highest BCUT2D eigenvalue weighted by Crippen LogP contribution is 2.38. The van der Waals surface area contributed by atoms with Crippen molar-refractivity contribution >= 4 is 17.7 Å². The summed E-state index contributed by atoms with van der Waals surface area (Å²) in [6.07, 6.45) is 1.63. The Kier molecular flexibility index (Phi) is 3.33. The number of carbonyl (C=O) groups is 1. The molecule has 0 spiro atoms. The summed E-state index contributed by atoms with van der Waals surface area (Å²) < 4.78 is 10.3. The maximum absolute atomic E-state index is 11.6. The second-order valence-electron chi connectivity index (χ2n) is 3.26. The van der Waals surface area contributed by atoms with Gasteiger partial charge in [0.05, 0.1) is 18.6 Å². The third kappa shape index (κ3) is 2.18. The van der Waals surface area contributed by atoms with E-state index in [-0.39, 0.29) is 11.3 Å². The minimum atomic E-state index is 0.0163. The van der Waals surface area contributed by atoms with E-state index in [0.29, 0.717) is 18.9 Å². The first-order valence-electron chi connectivity index (χ1n) is 4.76. The smallest absolute Gasteiger partial charge is 0.234 e. The van der Waals surface area contributed by atoms with Crippen LogP contribution >= 0.6 is 11.8 Å². The van der Waals surface area contributed by atoms with Crippen molar-refractivity contribution in [1.29, 1.82) is 0 Å². The number of hydrogen-bond donors (Lipinski definition) is 0. The Morgan fingerprint density at radius 3 is 3.27 bits per heavy atom. The first-order valence-corrected chi connectivity index (χ1v) is 5.81. The van der Waals surface area contributed by atoms with Crippen LogP contribution < -0.4 is 0 Å². The molecular weight excluding hydrogens is 214 g/mol. The van der Waals surface area contributed by atoms with E-state index >= 15 is 0 Å². The lowest BCUT2D eigenvalue weighted by Gasteiger charge is -2.21. The highest BCUT2D eigenvalue weighted by Gasteiger charge is 2.33. The predicted molar refractivity (Wildman–Crippen MR) is 57.5 cm³/mol. The van der Waals surface area contributed by atoms with Gasteiger partial charge in [-0.3, -0.25) is 4.79 Å². The molecular formula is C10H13NO3S. The zero-order valence-electron chi connectivity index (χ0n) is 8.51. The van der Waals surface area contributed by atoms with Crippen LogP contribution in [0.5, 0.6) is 0 Å². The number of ether oxygens (including phenoxy) is 1. The van der Waals surface area contributed by atoms with Gasteiger partial charge in [-0.15, -0.1) is 11.8 Å². The van der Waals surface area contributed by atoms with Crippen molar-refractivity contribution in [2.75, 3.05) is 26.0 Å². The molecule has 1 aliphatic heterocycles. The third-order valence-corrected chi connectivity index (χ3v) is 3.51. The number of amides is 1. The van der Waals surface area contributed by atoms with Gasteiger partial charge in [0.25, 0.3) is 0 Å². The summed E-state index contributed by atoms with van der Waals surface area (Å²) in [7, 11) is 1.63. The van der Waals surface area contributed by atoms with Gasteiger partial charge in [0.1, 0.15) is 11.1 Å². The van der Waals surface area contributed by atoms with Crippen molar-refractivity contribution in [2.45, 2.75) is 5.37 Å². The summed E-state index contributed by atoms with van der Waals surface area (Å²) in [5, 5.41) is 0.0163. The van der Waals surface area contributed by atoms with Crippen molar-refractivity contribution in [3.05, 3.63) is 24.2 Å². The van der Waals surface area contributed by atoms with Gasteiger partial charge in [-0.2, -0.15) is 0 Å². The van der Waals surface area contributed by atoms with Gasteiger partial charge < -0.3 is 14.1 Å². The van der Waals surface area contributed by atoms with Crippen LogP contribution in [-0.4, -0.2) is 36.8 Å². The third-order valence-electron chi connectivity index (χ3n) is 2.29. The van der Waals surface area contributed by atoms with Crippen LogP contribution in [0.15, 0.2) is 22.8 Å². The zero-order chi connectivity index (χ0) is 10.7. The molecule has 2 rings (SSSR count). The molecule has 1 unspecified atom stereocenters. The summed E-state index contributed by atoms with van der Waals surface area (Å²) in [5.41, 5.74) is 0. The molecule has 0 radical (unpaired) electrons. The Morgan fingerprint density at radius 1 is 1.73 bits per heavy atom. The number of thioether (sulfide) groups is 1. The normalized spacial score (nSPS) is 21.3. The Bertz CT molecular complexity index is 325. The number of nitrogens with zero attached hydrogens (tertiary/aromatic N) is 1. The topological polar surface area (TPSA) is 42.7 Å². The van der Waals surface area contributed by atoms with Gasteiger partial charge in [-0.25, -0.2) is 0 Å². The van der Waals surface area contributed by atoms with Gasteiger partial charge in [0.2, 0.25) is 5.91 Å². The molecule has 1 fully saturated rings. The maximum atomic E-state index is 11.6. The molecule has 2 heterocycles. The number of carbonyl (C=O) groups excluding carboxylic acids is 1. The van der Waals surface area contributed by atoms with Crippen molar-refractivity contribution in [3.63, 3.8) is 0 Å². The van der Waals surface area contributed by atoms with Crippen LogP contribution in [0.25, 0.3) is 0 Å². The van der Waals surface area contributed by atoms with Crippen molar-refractivity contribution < 1.29 is 13.9 Å². The molecule has 0 bridgehead atoms. The Balaban J connectivity index is 2.07. The molecule has 0 aromatic carbocycles. The quantitative estimate of drug-likeness (QED) is 0.781. The van der Waals surface area contributed by atoms with E-state index in [2.05, 4.69) is 0 Å².